The monoisotopic (exact) mass is 380 g/mol. The molecule has 0 amide bonds. The second-order valence-corrected chi connectivity index (χ2v) is 7.86. The van der Waals surface area contributed by atoms with E-state index in [1.54, 1.807) is 13.8 Å². The van der Waals surface area contributed by atoms with E-state index in [0.717, 1.165) is 19.3 Å². The number of hydrogen-bond acceptors (Lipinski definition) is 2. The minimum Gasteiger partial charge on any atom is -0.335 e. The van der Waals surface area contributed by atoms with Crippen LogP contribution < -0.4 is 0 Å². The van der Waals surface area contributed by atoms with Crippen LogP contribution in [0.4, 0.5) is 30.7 Å². The molecule has 0 aromatic carbocycles. The maximum absolute atomic E-state index is 13.1. The highest BCUT2D eigenvalue weighted by Gasteiger charge is 2.75. The molecule has 9 heteroatoms. The van der Waals surface area contributed by atoms with Crippen molar-refractivity contribution in [1.29, 1.82) is 0 Å². The first-order valence-electron chi connectivity index (χ1n) is 8.24. The molecule has 148 valence electrons. The maximum Gasteiger partial charge on any atom is 0.453 e. The van der Waals surface area contributed by atoms with Crippen molar-refractivity contribution in [1.82, 2.24) is 0 Å². The number of rotatable bonds is 6. The SMILES string of the molecule is CC1C2CCC(C2)C1C(C)(C)COC(OCF)(C(F)(F)F)C(F)(F)F. The van der Waals surface area contributed by atoms with Gasteiger partial charge in [-0.15, -0.1) is 0 Å². The Morgan fingerprint density at radius 1 is 0.880 bits per heavy atom. The lowest BCUT2D eigenvalue weighted by molar-refractivity contribution is -0.477. The molecule has 0 heterocycles. The van der Waals surface area contributed by atoms with Gasteiger partial charge in [0.2, 0.25) is 0 Å². The Bertz CT molecular complexity index is 456. The van der Waals surface area contributed by atoms with Crippen LogP contribution in [-0.2, 0) is 9.47 Å². The lowest BCUT2D eigenvalue weighted by Crippen LogP contribution is -2.61. The van der Waals surface area contributed by atoms with Crippen molar-refractivity contribution in [3.8, 4) is 0 Å². The van der Waals surface area contributed by atoms with E-state index in [0.29, 0.717) is 5.92 Å². The van der Waals surface area contributed by atoms with Gasteiger partial charge in [-0.1, -0.05) is 20.8 Å². The third-order valence-corrected chi connectivity index (χ3v) is 5.89. The largest absolute Gasteiger partial charge is 0.453 e. The van der Waals surface area contributed by atoms with E-state index in [-0.39, 0.29) is 17.8 Å². The predicted molar refractivity (Wildman–Crippen MR) is 75.1 cm³/mol. The van der Waals surface area contributed by atoms with E-state index in [9.17, 15) is 30.7 Å². The van der Waals surface area contributed by atoms with E-state index in [1.165, 1.54) is 0 Å². The van der Waals surface area contributed by atoms with E-state index in [2.05, 4.69) is 9.47 Å². The Kier molecular flexibility index (Phi) is 5.43. The maximum atomic E-state index is 13.1. The summed E-state index contributed by atoms with van der Waals surface area (Å²) in [5, 5.41) is 0. The van der Waals surface area contributed by atoms with Crippen molar-refractivity contribution in [3.63, 3.8) is 0 Å². The van der Waals surface area contributed by atoms with Gasteiger partial charge in [-0.25, -0.2) is 4.39 Å². The molecule has 4 atom stereocenters. The smallest absolute Gasteiger partial charge is 0.335 e. The molecule has 2 aliphatic rings. The normalized spacial score (nSPS) is 31.0. The van der Waals surface area contributed by atoms with Crippen LogP contribution in [0.3, 0.4) is 0 Å². The van der Waals surface area contributed by atoms with E-state index in [1.807, 2.05) is 6.92 Å². The fraction of sp³-hybridized carbons (Fsp3) is 1.00. The van der Waals surface area contributed by atoms with Crippen molar-refractivity contribution in [2.45, 2.75) is 58.2 Å². The molecule has 0 aromatic rings. The van der Waals surface area contributed by atoms with Crippen LogP contribution in [0.5, 0.6) is 0 Å². The molecule has 0 aliphatic heterocycles. The van der Waals surface area contributed by atoms with E-state index in [4.69, 9.17) is 0 Å². The average Bonchev–Trinajstić information content (AvgIpc) is 3.01. The molecule has 2 saturated carbocycles. The summed E-state index contributed by atoms with van der Waals surface area (Å²) in [5.41, 5.74) is -0.930. The van der Waals surface area contributed by atoms with Crippen LogP contribution >= 0.6 is 0 Å². The molecule has 2 aliphatic carbocycles. The molecule has 0 saturated heterocycles. The van der Waals surface area contributed by atoms with Gasteiger partial charge in [-0.05, 0) is 48.3 Å². The second kappa shape index (κ2) is 6.55. The van der Waals surface area contributed by atoms with Gasteiger partial charge >= 0.3 is 18.1 Å². The zero-order chi connectivity index (χ0) is 19.3. The highest BCUT2D eigenvalue weighted by atomic mass is 19.4. The fourth-order valence-electron chi connectivity index (χ4n) is 4.92. The highest BCUT2D eigenvalue weighted by molar-refractivity contribution is 5.00. The van der Waals surface area contributed by atoms with Crippen molar-refractivity contribution in [2.75, 3.05) is 13.5 Å². The van der Waals surface area contributed by atoms with E-state index >= 15 is 0 Å². The van der Waals surface area contributed by atoms with E-state index < -0.39 is 37.0 Å². The van der Waals surface area contributed by atoms with Gasteiger partial charge in [0, 0.05) is 0 Å². The first kappa shape index (κ1) is 20.7. The van der Waals surface area contributed by atoms with Gasteiger partial charge < -0.3 is 9.47 Å². The summed E-state index contributed by atoms with van der Waals surface area (Å²) in [4.78, 5) is 0. The molecule has 4 unspecified atom stereocenters. The molecule has 0 N–H and O–H groups in total. The predicted octanol–water partition coefficient (Wildman–Crippen LogP) is 5.48. The summed E-state index contributed by atoms with van der Waals surface area (Å²) < 4.78 is 98.7. The van der Waals surface area contributed by atoms with Crippen LogP contribution in [0.1, 0.15) is 40.0 Å². The Labute approximate surface area is 142 Å². The Balaban J connectivity index is 2.22. The third-order valence-electron chi connectivity index (χ3n) is 5.89. The van der Waals surface area contributed by atoms with Crippen molar-refractivity contribution in [3.05, 3.63) is 0 Å². The number of ether oxygens (including phenoxy) is 2. The molecular weight excluding hydrogens is 357 g/mol. The topological polar surface area (TPSA) is 18.5 Å². The van der Waals surface area contributed by atoms with Crippen molar-refractivity contribution >= 4 is 0 Å². The second-order valence-electron chi connectivity index (χ2n) is 7.86. The summed E-state index contributed by atoms with van der Waals surface area (Å²) in [5.74, 6) is -4.08. The minimum atomic E-state index is -5.95. The van der Waals surface area contributed by atoms with Gasteiger partial charge in [-0.2, -0.15) is 26.3 Å². The number of halogens is 7. The molecular formula is C16H23F7O2. The van der Waals surface area contributed by atoms with Crippen LogP contribution in [0, 0.1) is 29.1 Å². The zero-order valence-electron chi connectivity index (χ0n) is 14.3. The standard InChI is InChI=1S/C16H23F7O2/c1-9-10-4-5-11(6-10)12(9)13(2,3)7-24-14(25-8-17,15(18,19)20)16(21,22)23/h9-12H,4-8H2,1-3H3. The summed E-state index contributed by atoms with van der Waals surface area (Å²) in [7, 11) is 0. The summed E-state index contributed by atoms with van der Waals surface area (Å²) in [6.07, 6.45) is -8.99. The molecule has 2 bridgehead atoms. The summed E-state index contributed by atoms with van der Waals surface area (Å²) in [6.45, 7) is 2.09. The first-order chi connectivity index (χ1) is 11.3. The first-order valence-corrected chi connectivity index (χ1v) is 8.24. The summed E-state index contributed by atoms with van der Waals surface area (Å²) in [6, 6.07) is 0. The molecule has 2 nitrogen and oxygen atoms in total. The Hall–Kier alpha value is -0.570. The molecule has 25 heavy (non-hydrogen) atoms. The van der Waals surface area contributed by atoms with Gasteiger partial charge in [-0.3, -0.25) is 0 Å². The molecule has 0 radical (unpaired) electrons. The molecule has 0 aromatic heterocycles. The lowest BCUT2D eigenvalue weighted by atomic mass is 9.66. The van der Waals surface area contributed by atoms with Gasteiger partial charge in [0.15, 0.2) is 6.86 Å². The number of alkyl halides is 7. The Morgan fingerprint density at radius 3 is 1.80 bits per heavy atom. The summed E-state index contributed by atoms with van der Waals surface area (Å²) >= 11 is 0. The quantitative estimate of drug-likeness (QED) is 0.449. The van der Waals surface area contributed by atoms with Gasteiger partial charge in [0.05, 0.1) is 6.61 Å². The average molecular weight is 380 g/mol. The van der Waals surface area contributed by atoms with Gasteiger partial charge in [0.1, 0.15) is 0 Å². The van der Waals surface area contributed by atoms with Crippen LogP contribution in [0.15, 0.2) is 0 Å². The fourth-order valence-corrected chi connectivity index (χ4v) is 4.92. The van der Waals surface area contributed by atoms with Crippen molar-refractivity contribution < 1.29 is 40.2 Å². The third kappa shape index (κ3) is 3.50. The number of hydrogen-bond donors (Lipinski definition) is 0. The molecule has 2 fully saturated rings. The zero-order valence-corrected chi connectivity index (χ0v) is 14.3. The lowest BCUT2D eigenvalue weighted by Gasteiger charge is -2.43. The molecule has 2 rings (SSSR count). The van der Waals surface area contributed by atoms with Gasteiger partial charge in [0.25, 0.3) is 0 Å². The number of fused-ring (bicyclic) bond motifs is 2. The minimum absolute atomic E-state index is 0.0456. The van der Waals surface area contributed by atoms with Crippen LogP contribution in [-0.4, -0.2) is 31.6 Å². The Morgan fingerprint density at radius 2 is 1.40 bits per heavy atom. The van der Waals surface area contributed by atoms with Crippen molar-refractivity contribution in [2.24, 2.45) is 29.1 Å². The van der Waals surface area contributed by atoms with Crippen LogP contribution in [0.25, 0.3) is 0 Å². The van der Waals surface area contributed by atoms with Crippen LogP contribution in [0.2, 0.25) is 0 Å². The molecule has 0 spiro atoms. The highest BCUT2D eigenvalue weighted by Crippen LogP contribution is 2.58.